The standard InChI is InChI=1S/C10H9NO2.ClH/c1-2-11-5-8-4-10-9(3-7(1)8)12-6-13-10;/h3-5H,1-2,6H2;1H. The molecule has 0 aliphatic carbocycles. The topological polar surface area (TPSA) is 30.8 Å². The van der Waals surface area contributed by atoms with E-state index < -0.39 is 0 Å². The Hall–Kier alpha value is -1.22. The van der Waals surface area contributed by atoms with E-state index in [9.17, 15) is 0 Å². The first-order chi connectivity index (χ1) is 6.43. The third kappa shape index (κ3) is 1.34. The maximum absolute atomic E-state index is 5.30. The fourth-order valence-corrected chi connectivity index (χ4v) is 1.68. The molecule has 3 rings (SSSR count). The summed E-state index contributed by atoms with van der Waals surface area (Å²) in [5, 5.41) is 0. The predicted molar refractivity (Wildman–Crippen MR) is 56.0 cm³/mol. The summed E-state index contributed by atoms with van der Waals surface area (Å²) < 4.78 is 10.6. The molecule has 0 radical (unpaired) electrons. The number of fused-ring (bicyclic) bond motifs is 2. The largest absolute Gasteiger partial charge is 0.454 e. The molecule has 4 heteroatoms. The molecule has 1 aromatic rings. The molecule has 0 bridgehead atoms. The highest BCUT2D eigenvalue weighted by molar-refractivity contribution is 5.85. The number of hydrogen-bond donors (Lipinski definition) is 0. The van der Waals surface area contributed by atoms with E-state index >= 15 is 0 Å². The Morgan fingerprint density at radius 3 is 2.79 bits per heavy atom. The maximum atomic E-state index is 5.30. The molecule has 0 N–H and O–H groups in total. The second kappa shape index (κ2) is 3.50. The normalized spacial score (nSPS) is 16.0. The molecule has 1 aromatic carbocycles. The van der Waals surface area contributed by atoms with Crippen LogP contribution in [0.2, 0.25) is 0 Å². The van der Waals surface area contributed by atoms with Crippen LogP contribution in [-0.4, -0.2) is 19.6 Å². The van der Waals surface area contributed by atoms with E-state index in [4.69, 9.17) is 9.47 Å². The number of rotatable bonds is 0. The van der Waals surface area contributed by atoms with E-state index in [1.807, 2.05) is 12.3 Å². The van der Waals surface area contributed by atoms with Gasteiger partial charge in [0.05, 0.1) is 0 Å². The molecular formula is C10H10ClNO2. The fourth-order valence-electron chi connectivity index (χ4n) is 1.68. The molecule has 0 fully saturated rings. The van der Waals surface area contributed by atoms with Crippen molar-refractivity contribution >= 4 is 18.6 Å². The summed E-state index contributed by atoms with van der Waals surface area (Å²) in [4.78, 5) is 4.22. The Morgan fingerprint density at radius 1 is 1.14 bits per heavy atom. The summed E-state index contributed by atoms with van der Waals surface area (Å²) in [7, 11) is 0. The lowest BCUT2D eigenvalue weighted by atomic mass is 10.0. The highest BCUT2D eigenvalue weighted by Gasteiger charge is 2.17. The van der Waals surface area contributed by atoms with Crippen LogP contribution in [-0.2, 0) is 6.42 Å². The molecule has 0 saturated carbocycles. The number of benzene rings is 1. The summed E-state index contributed by atoms with van der Waals surface area (Å²) in [5.74, 6) is 1.71. The molecule has 0 unspecified atom stereocenters. The van der Waals surface area contributed by atoms with Crippen molar-refractivity contribution in [3.63, 3.8) is 0 Å². The van der Waals surface area contributed by atoms with Crippen molar-refractivity contribution in [1.29, 1.82) is 0 Å². The number of halogens is 1. The summed E-state index contributed by atoms with van der Waals surface area (Å²) >= 11 is 0. The number of ether oxygens (including phenoxy) is 2. The predicted octanol–water partition coefficient (Wildman–Crippen LogP) is 1.81. The van der Waals surface area contributed by atoms with Crippen LogP contribution in [0.5, 0.6) is 11.5 Å². The number of hydrogen-bond acceptors (Lipinski definition) is 3. The lowest BCUT2D eigenvalue weighted by Gasteiger charge is -2.09. The maximum Gasteiger partial charge on any atom is 0.231 e. The smallest absolute Gasteiger partial charge is 0.231 e. The van der Waals surface area contributed by atoms with E-state index in [1.54, 1.807) is 0 Å². The third-order valence-corrected chi connectivity index (χ3v) is 2.38. The first kappa shape index (κ1) is 9.34. The molecule has 3 nitrogen and oxygen atoms in total. The van der Waals surface area contributed by atoms with Gasteiger partial charge in [0.15, 0.2) is 11.5 Å². The Bertz CT molecular complexity index is 390. The van der Waals surface area contributed by atoms with E-state index in [0.29, 0.717) is 6.79 Å². The van der Waals surface area contributed by atoms with Gasteiger partial charge in [0.25, 0.3) is 0 Å². The van der Waals surface area contributed by atoms with Gasteiger partial charge in [0, 0.05) is 12.8 Å². The minimum absolute atomic E-state index is 0. The average Bonchev–Trinajstić information content (AvgIpc) is 2.61. The monoisotopic (exact) mass is 211 g/mol. The van der Waals surface area contributed by atoms with Gasteiger partial charge in [0.1, 0.15) is 0 Å². The van der Waals surface area contributed by atoms with E-state index in [-0.39, 0.29) is 12.4 Å². The highest BCUT2D eigenvalue weighted by Crippen LogP contribution is 2.35. The van der Waals surface area contributed by atoms with Gasteiger partial charge in [-0.2, -0.15) is 0 Å². The van der Waals surface area contributed by atoms with Crippen LogP contribution in [0.1, 0.15) is 11.1 Å². The Kier molecular flexibility index (Phi) is 2.33. The lowest BCUT2D eigenvalue weighted by molar-refractivity contribution is 0.174. The summed E-state index contributed by atoms with van der Waals surface area (Å²) in [6.45, 7) is 1.22. The van der Waals surface area contributed by atoms with Crippen LogP contribution >= 0.6 is 12.4 Å². The van der Waals surface area contributed by atoms with Crippen molar-refractivity contribution < 1.29 is 9.47 Å². The second-order valence-electron chi connectivity index (χ2n) is 3.19. The highest BCUT2D eigenvalue weighted by atomic mass is 35.5. The van der Waals surface area contributed by atoms with Gasteiger partial charge in [-0.05, 0) is 29.7 Å². The number of aliphatic imine (C=N–C) groups is 1. The van der Waals surface area contributed by atoms with Gasteiger partial charge in [0.2, 0.25) is 6.79 Å². The van der Waals surface area contributed by atoms with Crippen LogP contribution in [0.4, 0.5) is 0 Å². The Labute approximate surface area is 88.2 Å². The quantitative estimate of drug-likeness (QED) is 0.656. The van der Waals surface area contributed by atoms with Gasteiger partial charge in [-0.1, -0.05) is 0 Å². The van der Waals surface area contributed by atoms with Crippen LogP contribution in [0.15, 0.2) is 17.1 Å². The minimum atomic E-state index is 0. The van der Waals surface area contributed by atoms with Gasteiger partial charge in [-0.15, -0.1) is 12.4 Å². The first-order valence-corrected chi connectivity index (χ1v) is 4.36. The zero-order chi connectivity index (χ0) is 8.67. The molecule has 0 spiro atoms. The zero-order valence-electron chi connectivity index (χ0n) is 7.53. The van der Waals surface area contributed by atoms with Crippen LogP contribution in [0.3, 0.4) is 0 Å². The van der Waals surface area contributed by atoms with Crippen molar-refractivity contribution in [2.75, 3.05) is 13.3 Å². The van der Waals surface area contributed by atoms with Crippen LogP contribution in [0, 0.1) is 0 Å². The van der Waals surface area contributed by atoms with Crippen molar-refractivity contribution in [3.8, 4) is 11.5 Å². The molecular weight excluding hydrogens is 202 g/mol. The van der Waals surface area contributed by atoms with Crippen molar-refractivity contribution in [2.45, 2.75) is 6.42 Å². The minimum Gasteiger partial charge on any atom is -0.454 e. The molecule has 74 valence electrons. The van der Waals surface area contributed by atoms with Crippen molar-refractivity contribution in [2.24, 2.45) is 4.99 Å². The summed E-state index contributed by atoms with van der Waals surface area (Å²) in [6, 6.07) is 4.06. The van der Waals surface area contributed by atoms with Gasteiger partial charge >= 0.3 is 0 Å². The Balaban J connectivity index is 0.000000750. The molecule has 0 amide bonds. The van der Waals surface area contributed by atoms with E-state index in [2.05, 4.69) is 11.1 Å². The second-order valence-corrected chi connectivity index (χ2v) is 3.19. The molecule has 0 atom stereocenters. The first-order valence-electron chi connectivity index (χ1n) is 4.36. The summed E-state index contributed by atoms with van der Waals surface area (Å²) in [5.41, 5.74) is 2.47. The molecule has 14 heavy (non-hydrogen) atoms. The third-order valence-electron chi connectivity index (χ3n) is 2.38. The molecule has 2 aliphatic rings. The van der Waals surface area contributed by atoms with Crippen molar-refractivity contribution in [1.82, 2.24) is 0 Å². The van der Waals surface area contributed by atoms with E-state index in [1.165, 1.54) is 5.56 Å². The summed E-state index contributed by atoms with van der Waals surface area (Å²) in [6.07, 6.45) is 2.91. The van der Waals surface area contributed by atoms with E-state index in [0.717, 1.165) is 30.0 Å². The molecule has 2 aliphatic heterocycles. The molecule has 2 heterocycles. The fraction of sp³-hybridized carbons (Fsp3) is 0.300. The zero-order valence-corrected chi connectivity index (χ0v) is 8.34. The molecule has 0 aromatic heterocycles. The SMILES string of the molecule is C1=NCCc2cc3c(cc21)OCO3.Cl. The van der Waals surface area contributed by atoms with Gasteiger partial charge < -0.3 is 9.47 Å². The lowest BCUT2D eigenvalue weighted by Crippen LogP contribution is -2.02. The average molecular weight is 212 g/mol. The Morgan fingerprint density at radius 2 is 1.93 bits per heavy atom. The van der Waals surface area contributed by atoms with Crippen LogP contribution in [0.25, 0.3) is 0 Å². The van der Waals surface area contributed by atoms with Crippen LogP contribution < -0.4 is 9.47 Å². The van der Waals surface area contributed by atoms with Crippen molar-refractivity contribution in [3.05, 3.63) is 23.3 Å². The van der Waals surface area contributed by atoms with Gasteiger partial charge in [-0.3, -0.25) is 4.99 Å². The van der Waals surface area contributed by atoms with Gasteiger partial charge in [-0.25, -0.2) is 0 Å². The molecule has 0 saturated heterocycles. The number of nitrogens with zero attached hydrogens (tertiary/aromatic N) is 1.